The fourth-order valence-corrected chi connectivity index (χ4v) is 1.42. The molecule has 0 amide bonds. The Balaban J connectivity index is 2.82. The third-order valence-corrected chi connectivity index (χ3v) is 2.26. The van der Waals surface area contributed by atoms with Crippen LogP contribution in [0, 0.1) is 5.41 Å². The van der Waals surface area contributed by atoms with Crippen molar-refractivity contribution in [1.82, 2.24) is 9.97 Å². The molecule has 0 aromatic carbocycles. The second-order valence-corrected chi connectivity index (χ2v) is 5.25. The van der Waals surface area contributed by atoms with E-state index in [1.807, 2.05) is 0 Å². The van der Waals surface area contributed by atoms with Crippen LogP contribution in [-0.2, 0) is 6.42 Å². The van der Waals surface area contributed by atoms with Gasteiger partial charge in [0, 0.05) is 12.1 Å². The van der Waals surface area contributed by atoms with Gasteiger partial charge in [-0.25, -0.2) is 9.97 Å². The third-order valence-electron chi connectivity index (χ3n) is 2.26. The first-order valence-corrected chi connectivity index (χ1v) is 5.77. The molecule has 0 saturated heterocycles. The Labute approximate surface area is 97.7 Å². The number of nitrogen functional groups attached to an aromatic ring is 1. The summed E-state index contributed by atoms with van der Waals surface area (Å²) in [6.45, 7) is 9.55. The van der Waals surface area contributed by atoms with E-state index in [-0.39, 0.29) is 5.41 Å². The normalized spacial score (nSPS) is 11.5. The molecule has 4 nitrogen and oxygen atoms in total. The highest BCUT2D eigenvalue weighted by atomic mass is 15.0. The van der Waals surface area contributed by atoms with Crippen molar-refractivity contribution >= 4 is 11.6 Å². The summed E-state index contributed by atoms with van der Waals surface area (Å²) in [6.07, 6.45) is 3.47. The van der Waals surface area contributed by atoms with E-state index in [0.717, 1.165) is 30.8 Å². The minimum absolute atomic E-state index is 0.225. The highest BCUT2D eigenvalue weighted by molar-refractivity contribution is 5.55. The van der Waals surface area contributed by atoms with Crippen molar-refractivity contribution in [3.63, 3.8) is 0 Å². The Kier molecular flexibility index (Phi) is 4.10. The van der Waals surface area contributed by atoms with Crippen LogP contribution in [0.15, 0.2) is 6.33 Å². The van der Waals surface area contributed by atoms with Gasteiger partial charge in [0.2, 0.25) is 0 Å². The van der Waals surface area contributed by atoms with Crippen molar-refractivity contribution in [1.29, 1.82) is 0 Å². The van der Waals surface area contributed by atoms with Crippen LogP contribution in [0.5, 0.6) is 0 Å². The predicted octanol–water partition coefficient (Wildman–Crippen LogP) is 2.47. The van der Waals surface area contributed by atoms with Crippen LogP contribution in [0.1, 0.15) is 39.7 Å². The second kappa shape index (κ2) is 5.14. The van der Waals surface area contributed by atoms with Crippen molar-refractivity contribution in [2.24, 2.45) is 5.41 Å². The van der Waals surface area contributed by atoms with E-state index in [2.05, 4.69) is 43.0 Å². The van der Waals surface area contributed by atoms with Crippen LogP contribution in [0.25, 0.3) is 0 Å². The van der Waals surface area contributed by atoms with Crippen LogP contribution in [-0.4, -0.2) is 16.5 Å². The fourth-order valence-electron chi connectivity index (χ4n) is 1.42. The predicted molar refractivity (Wildman–Crippen MR) is 68.4 cm³/mol. The van der Waals surface area contributed by atoms with Crippen molar-refractivity contribution in [2.45, 2.75) is 40.5 Å². The van der Waals surface area contributed by atoms with Crippen LogP contribution in [0.3, 0.4) is 0 Å². The first-order chi connectivity index (χ1) is 7.44. The summed E-state index contributed by atoms with van der Waals surface area (Å²) in [6, 6.07) is 0. The van der Waals surface area contributed by atoms with E-state index in [4.69, 9.17) is 5.73 Å². The molecule has 0 fully saturated rings. The molecule has 1 aromatic rings. The molecule has 0 aliphatic rings. The van der Waals surface area contributed by atoms with Crippen molar-refractivity contribution in [3.8, 4) is 0 Å². The molecule has 0 radical (unpaired) electrons. The Morgan fingerprint density at radius 2 is 2.00 bits per heavy atom. The van der Waals surface area contributed by atoms with Gasteiger partial charge in [0.25, 0.3) is 0 Å². The smallest absolute Gasteiger partial charge is 0.134 e. The van der Waals surface area contributed by atoms with Gasteiger partial charge in [-0.3, -0.25) is 0 Å². The average molecular weight is 222 g/mol. The van der Waals surface area contributed by atoms with Gasteiger partial charge < -0.3 is 11.1 Å². The summed E-state index contributed by atoms with van der Waals surface area (Å²) >= 11 is 0. The van der Waals surface area contributed by atoms with Crippen LogP contribution < -0.4 is 11.1 Å². The summed E-state index contributed by atoms with van der Waals surface area (Å²) < 4.78 is 0. The lowest BCUT2D eigenvalue weighted by atomic mass is 9.97. The number of nitrogens with one attached hydrogen (secondary N) is 1. The maximum absolute atomic E-state index is 5.86. The summed E-state index contributed by atoms with van der Waals surface area (Å²) in [7, 11) is 0. The lowest BCUT2D eigenvalue weighted by Crippen LogP contribution is -2.21. The number of aromatic nitrogens is 2. The standard InChI is InChI=1S/C12H22N4/c1-5-6-9-10(13)15-8-16-11(9)14-7-12(2,3)4/h8H,5-7H2,1-4H3,(H3,13,14,15,16). The van der Waals surface area contributed by atoms with Gasteiger partial charge in [-0.1, -0.05) is 34.1 Å². The van der Waals surface area contributed by atoms with Crippen LogP contribution >= 0.6 is 0 Å². The highest BCUT2D eigenvalue weighted by Crippen LogP contribution is 2.21. The number of nitrogens with zero attached hydrogens (tertiary/aromatic N) is 2. The van der Waals surface area contributed by atoms with E-state index in [1.165, 1.54) is 6.33 Å². The topological polar surface area (TPSA) is 63.8 Å². The van der Waals surface area contributed by atoms with Gasteiger partial charge in [-0.05, 0) is 11.8 Å². The maximum atomic E-state index is 5.86. The lowest BCUT2D eigenvalue weighted by Gasteiger charge is -2.20. The SMILES string of the molecule is CCCc1c(N)ncnc1NCC(C)(C)C. The molecule has 3 N–H and O–H groups in total. The van der Waals surface area contributed by atoms with Gasteiger partial charge in [-0.15, -0.1) is 0 Å². The van der Waals surface area contributed by atoms with Gasteiger partial charge in [0.1, 0.15) is 18.0 Å². The van der Waals surface area contributed by atoms with Gasteiger partial charge in [-0.2, -0.15) is 0 Å². The third kappa shape index (κ3) is 3.68. The average Bonchev–Trinajstić information content (AvgIpc) is 2.18. The van der Waals surface area contributed by atoms with Gasteiger partial charge >= 0.3 is 0 Å². The zero-order valence-electron chi connectivity index (χ0n) is 10.7. The zero-order valence-corrected chi connectivity index (χ0v) is 10.7. The fraction of sp³-hybridized carbons (Fsp3) is 0.667. The minimum atomic E-state index is 0.225. The largest absolute Gasteiger partial charge is 0.383 e. The molecule has 0 atom stereocenters. The minimum Gasteiger partial charge on any atom is -0.383 e. The van der Waals surface area contributed by atoms with Crippen molar-refractivity contribution < 1.29 is 0 Å². The summed E-state index contributed by atoms with van der Waals surface area (Å²) in [5.41, 5.74) is 7.12. The molecule has 0 spiro atoms. The number of nitrogens with two attached hydrogens (primary N) is 1. The Morgan fingerprint density at radius 3 is 2.56 bits per heavy atom. The second-order valence-electron chi connectivity index (χ2n) is 5.25. The number of hydrogen-bond acceptors (Lipinski definition) is 4. The van der Waals surface area contributed by atoms with Crippen molar-refractivity contribution in [2.75, 3.05) is 17.6 Å². The molecular weight excluding hydrogens is 200 g/mol. The summed E-state index contributed by atoms with van der Waals surface area (Å²) in [5.74, 6) is 1.47. The Bertz CT molecular complexity index is 341. The van der Waals surface area contributed by atoms with E-state index in [9.17, 15) is 0 Å². The molecule has 0 aliphatic heterocycles. The van der Waals surface area contributed by atoms with E-state index in [1.54, 1.807) is 0 Å². The molecule has 16 heavy (non-hydrogen) atoms. The van der Waals surface area contributed by atoms with Gasteiger partial charge in [0.05, 0.1) is 0 Å². The summed E-state index contributed by atoms with van der Waals surface area (Å²) in [5, 5.41) is 3.35. The van der Waals surface area contributed by atoms with Gasteiger partial charge in [0.15, 0.2) is 0 Å². The van der Waals surface area contributed by atoms with E-state index in [0.29, 0.717) is 5.82 Å². The number of hydrogen-bond donors (Lipinski definition) is 2. The molecule has 1 heterocycles. The molecule has 90 valence electrons. The molecule has 0 bridgehead atoms. The molecule has 0 aliphatic carbocycles. The molecule has 0 saturated carbocycles. The number of rotatable bonds is 4. The quantitative estimate of drug-likeness (QED) is 0.821. The first kappa shape index (κ1) is 12.7. The Hall–Kier alpha value is -1.32. The Morgan fingerprint density at radius 1 is 1.31 bits per heavy atom. The summed E-state index contributed by atoms with van der Waals surface area (Å²) in [4.78, 5) is 8.29. The maximum Gasteiger partial charge on any atom is 0.134 e. The van der Waals surface area contributed by atoms with Crippen LogP contribution in [0.2, 0.25) is 0 Å². The molecule has 1 aromatic heterocycles. The van der Waals surface area contributed by atoms with Crippen LogP contribution in [0.4, 0.5) is 11.6 Å². The number of anilines is 2. The van der Waals surface area contributed by atoms with E-state index < -0.39 is 0 Å². The van der Waals surface area contributed by atoms with Crippen molar-refractivity contribution in [3.05, 3.63) is 11.9 Å². The molecular formula is C12H22N4. The zero-order chi connectivity index (χ0) is 12.2. The first-order valence-electron chi connectivity index (χ1n) is 5.77. The molecule has 4 heteroatoms. The molecule has 0 unspecified atom stereocenters. The molecule has 1 rings (SSSR count). The lowest BCUT2D eigenvalue weighted by molar-refractivity contribution is 0.442. The monoisotopic (exact) mass is 222 g/mol. The van der Waals surface area contributed by atoms with E-state index >= 15 is 0 Å². The highest BCUT2D eigenvalue weighted by Gasteiger charge is 2.13.